The molecule has 1 aliphatic rings. The summed E-state index contributed by atoms with van der Waals surface area (Å²) in [5.74, 6) is -0.632. The van der Waals surface area contributed by atoms with Crippen LogP contribution in [0.15, 0.2) is 18.2 Å². The highest BCUT2D eigenvalue weighted by atomic mass is 19.4. The number of halogens is 4. The minimum absolute atomic E-state index is 0.188. The minimum Gasteiger partial charge on any atom is -0.316 e. The van der Waals surface area contributed by atoms with Crippen LogP contribution >= 0.6 is 0 Å². The van der Waals surface area contributed by atoms with Gasteiger partial charge in [-0.2, -0.15) is 13.2 Å². The first kappa shape index (κ1) is 12.4. The maximum absolute atomic E-state index is 12.9. The Labute approximate surface area is 96.8 Å². The van der Waals surface area contributed by atoms with Crippen molar-refractivity contribution in [1.29, 1.82) is 0 Å². The summed E-state index contributed by atoms with van der Waals surface area (Å²) in [7, 11) is 0. The quantitative estimate of drug-likeness (QED) is 0.792. The molecule has 0 bridgehead atoms. The predicted molar refractivity (Wildman–Crippen MR) is 56.1 cm³/mol. The minimum atomic E-state index is -4.48. The Morgan fingerprint density at radius 1 is 1.29 bits per heavy atom. The molecule has 17 heavy (non-hydrogen) atoms. The summed E-state index contributed by atoms with van der Waals surface area (Å²) in [6, 6.07) is 2.92. The molecule has 1 atom stereocenters. The number of hydrogen-bond acceptors (Lipinski definition) is 1. The molecule has 1 fully saturated rings. The molecular formula is C12H13F4N. The molecule has 1 saturated heterocycles. The first-order valence-corrected chi connectivity index (χ1v) is 5.53. The Balaban J connectivity index is 2.25. The molecule has 1 N–H and O–H groups in total. The number of benzene rings is 1. The van der Waals surface area contributed by atoms with Crippen molar-refractivity contribution in [2.75, 3.05) is 13.1 Å². The highest BCUT2D eigenvalue weighted by Gasteiger charge is 2.34. The third-order valence-electron chi connectivity index (χ3n) is 3.05. The van der Waals surface area contributed by atoms with Crippen molar-refractivity contribution in [3.63, 3.8) is 0 Å². The van der Waals surface area contributed by atoms with Crippen LogP contribution in [0.1, 0.15) is 17.5 Å². The van der Waals surface area contributed by atoms with Gasteiger partial charge in [-0.1, -0.05) is 6.07 Å². The first-order valence-electron chi connectivity index (χ1n) is 5.53. The summed E-state index contributed by atoms with van der Waals surface area (Å²) < 4.78 is 51.0. The van der Waals surface area contributed by atoms with E-state index < -0.39 is 17.6 Å². The van der Waals surface area contributed by atoms with E-state index in [1.54, 1.807) is 0 Å². The molecule has 1 heterocycles. The van der Waals surface area contributed by atoms with Gasteiger partial charge in [-0.05, 0) is 49.5 Å². The Morgan fingerprint density at radius 3 is 2.65 bits per heavy atom. The van der Waals surface area contributed by atoms with Gasteiger partial charge in [0.25, 0.3) is 0 Å². The summed E-state index contributed by atoms with van der Waals surface area (Å²) in [5.41, 5.74) is -0.656. The van der Waals surface area contributed by atoms with E-state index in [1.165, 1.54) is 6.07 Å². The van der Waals surface area contributed by atoms with Gasteiger partial charge < -0.3 is 5.32 Å². The zero-order valence-corrected chi connectivity index (χ0v) is 9.15. The van der Waals surface area contributed by atoms with E-state index in [1.807, 2.05) is 0 Å². The van der Waals surface area contributed by atoms with Crippen LogP contribution in [-0.4, -0.2) is 13.1 Å². The molecule has 0 saturated carbocycles. The first-order chi connectivity index (χ1) is 7.97. The van der Waals surface area contributed by atoms with Crippen LogP contribution in [0.3, 0.4) is 0 Å². The lowest BCUT2D eigenvalue weighted by Crippen LogP contribution is -2.15. The predicted octanol–water partition coefficient (Wildman–Crippen LogP) is 3.00. The summed E-state index contributed by atoms with van der Waals surface area (Å²) >= 11 is 0. The smallest absolute Gasteiger partial charge is 0.316 e. The molecular weight excluding hydrogens is 234 g/mol. The largest absolute Gasteiger partial charge is 0.416 e. The fraction of sp³-hybridized carbons (Fsp3) is 0.500. The highest BCUT2D eigenvalue weighted by Crippen LogP contribution is 2.34. The Hall–Kier alpha value is -1.10. The van der Waals surface area contributed by atoms with E-state index in [-0.39, 0.29) is 11.5 Å². The summed E-state index contributed by atoms with van der Waals surface area (Å²) in [5, 5.41) is 3.11. The van der Waals surface area contributed by atoms with Crippen molar-refractivity contribution in [2.24, 2.45) is 5.92 Å². The van der Waals surface area contributed by atoms with E-state index in [0.717, 1.165) is 25.6 Å². The molecule has 0 aliphatic carbocycles. The van der Waals surface area contributed by atoms with Crippen LogP contribution < -0.4 is 5.32 Å². The van der Waals surface area contributed by atoms with Gasteiger partial charge in [0.1, 0.15) is 5.82 Å². The van der Waals surface area contributed by atoms with Gasteiger partial charge in [0.05, 0.1) is 5.56 Å². The van der Waals surface area contributed by atoms with Crippen molar-refractivity contribution < 1.29 is 17.6 Å². The van der Waals surface area contributed by atoms with E-state index in [2.05, 4.69) is 5.32 Å². The van der Waals surface area contributed by atoms with Crippen molar-refractivity contribution in [3.05, 3.63) is 35.1 Å². The summed E-state index contributed by atoms with van der Waals surface area (Å²) in [6.07, 6.45) is -3.26. The van der Waals surface area contributed by atoms with Gasteiger partial charge in [0.15, 0.2) is 0 Å². The third-order valence-corrected chi connectivity index (χ3v) is 3.05. The van der Waals surface area contributed by atoms with E-state index in [9.17, 15) is 17.6 Å². The molecule has 0 radical (unpaired) electrons. The SMILES string of the molecule is Fc1ccc(CC2CCNC2)c(C(F)(F)F)c1. The van der Waals surface area contributed by atoms with Gasteiger partial charge >= 0.3 is 6.18 Å². The molecule has 0 amide bonds. The maximum atomic E-state index is 12.9. The van der Waals surface area contributed by atoms with Crippen LogP contribution in [0.5, 0.6) is 0 Å². The Morgan fingerprint density at radius 2 is 2.06 bits per heavy atom. The molecule has 94 valence electrons. The van der Waals surface area contributed by atoms with Crippen molar-refractivity contribution >= 4 is 0 Å². The van der Waals surface area contributed by atoms with E-state index >= 15 is 0 Å². The Bertz CT molecular complexity index is 394. The standard InChI is InChI=1S/C12H13F4N/c13-10-2-1-9(5-8-3-4-17-7-8)11(6-10)12(14,15)16/h1-2,6,8,17H,3-5,7H2. The average Bonchev–Trinajstić information content (AvgIpc) is 2.72. The summed E-state index contributed by atoms with van der Waals surface area (Å²) in [6.45, 7) is 1.57. The average molecular weight is 247 g/mol. The number of rotatable bonds is 2. The van der Waals surface area contributed by atoms with Gasteiger partial charge in [-0.15, -0.1) is 0 Å². The molecule has 5 heteroatoms. The lowest BCUT2D eigenvalue weighted by atomic mass is 9.94. The number of nitrogens with one attached hydrogen (secondary N) is 1. The molecule has 2 rings (SSSR count). The zero-order valence-electron chi connectivity index (χ0n) is 9.15. The van der Waals surface area contributed by atoms with Crippen molar-refractivity contribution in [1.82, 2.24) is 5.32 Å². The third kappa shape index (κ3) is 2.97. The molecule has 0 aromatic heterocycles. The van der Waals surface area contributed by atoms with Crippen LogP contribution in [0.25, 0.3) is 0 Å². The molecule has 1 aliphatic heterocycles. The van der Waals surface area contributed by atoms with Crippen LogP contribution in [-0.2, 0) is 12.6 Å². The van der Waals surface area contributed by atoms with E-state index in [0.29, 0.717) is 12.5 Å². The molecule has 0 spiro atoms. The molecule has 1 aromatic rings. The van der Waals surface area contributed by atoms with Gasteiger partial charge in [0, 0.05) is 0 Å². The monoisotopic (exact) mass is 247 g/mol. The van der Waals surface area contributed by atoms with Crippen molar-refractivity contribution in [2.45, 2.75) is 19.0 Å². The van der Waals surface area contributed by atoms with Crippen LogP contribution in [0.2, 0.25) is 0 Å². The number of alkyl halides is 3. The van der Waals surface area contributed by atoms with Gasteiger partial charge in [0.2, 0.25) is 0 Å². The lowest BCUT2D eigenvalue weighted by Gasteiger charge is -2.15. The fourth-order valence-electron chi connectivity index (χ4n) is 2.19. The molecule has 1 unspecified atom stereocenters. The zero-order chi connectivity index (χ0) is 12.5. The van der Waals surface area contributed by atoms with Gasteiger partial charge in [-0.3, -0.25) is 0 Å². The second-order valence-electron chi connectivity index (χ2n) is 4.36. The lowest BCUT2D eigenvalue weighted by molar-refractivity contribution is -0.138. The topological polar surface area (TPSA) is 12.0 Å². The van der Waals surface area contributed by atoms with Crippen molar-refractivity contribution in [3.8, 4) is 0 Å². The maximum Gasteiger partial charge on any atom is 0.416 e. The van der Waals surface area contributed by atoms with E-state index in [4.69, 9.17) is 0 Å². The molecule has 1 nitrogen and oxygen atoms in total. The Kier molecular flexibility index (Phi) is 3.38. The van der Waals surface area contributed by atoms with Crippen LogP contribution in [0, 0.1) is 11.7 Å². The molecule has 1 aromatic carbocycles. The highest BCUT2D eigenvalue weighted by molar-refractivity contribution is 5.31. The van der Waals surface area contributed by atoms with Gasteiger partial charge in [-0.25, -0.2) is 4.39 Å². The number of hydrogen-bond donors (Lipinski definition) is 1. The summed E-state index contributed by atoms with van der Waals surface area (Å²) in [4.78, 5) is 0. The fourth-order valence-corrected chi connectivity index (χ4v) is 2.19. The second kappa shape index (κ2) is 4.64. The normalized spacial score (nSPS) is 20.8. The van der Waals surface area contributed by atoms with Crippen LogP contribution in [0.4, 0.5) is 17.6 Å². The second-order valence-corrected chi connectivity index (χ2v) is 4.36.